The SMILES string of the molecule is NCCOCCOc1ccc([N+](=O)[O-])cc1F. The molecular weight excluding hydrogens is 231 g/mol. The molecule has 0 heterocycles. The maximum Gasteiger partial charge on any atom is 0.272 e. The first-order valence-electron chi connectivity index (χ1n) is 4.99. The summed E-state index contributed by atoms with van der Waals surface area (Å²) >= 11 is 0. The van der Waals surface area contributed by atoms with Crippen molar-refractivity contribution in [2.75, 3.05) is 26.4 Å². The standard InChI is InChI=1S/C10H13FN2O4/c11-9-7-8(13(14)15)1-2-10(9)17-6-5-16-4-3-12/h1-2,7H,3-6,12H2. The highest BCUT2D eigenvalue weighted by atomic mass is 19.1. The van der Waals surface area contributed by atoms with Gasteiger partial charge in [-0.3, -0.25) is 10.1 Å². The number of nitro groups is 1. The van der Waals surface area contributed by atoms with Gasteiger partial charge in [0.25, 0.3) is 5.69 Å². The Labute approximate surface area is 97.3 Å². The van der Waals surface area contributed by atoms with Gasteiger partial charge in [-0.15, -0.1) is 0 Å². The Balaban J connectivity index is 2.46. The quantitative estimate of drug-likeness (QED) is 0.440. The summed E-state index contributed by atoms with van der Waals surface area (Å²) in [6, 6.07) is 3.21. The Bertz CT molecular complexity index is 387. The van der Waals surface area contributed by atoms with E-state index < -0.39 is 10.7 Å². The third-order valence-corrected chi connectivity index (χ3v) is 1.87. The zero-order chi connectivity index (χ0) is 12.7. The van der Waals surface area contributed by atoms with Crippen LogP contribution in [-0.2, 0) is 4.74 Å². The van der Waals surface area contributed by atoms with Gasteiger partial charge in [-0.25, -0.2) is 4.39 Å². The summed E-state index contributed by atoms with van der Waals surface area (Å²) in [5, 5.41) is 10.4. The molecule has 0 aromatic heterocycles. The highest BCUT2D eigenvalue weighted by Gasteiger charge is 2.11. The Kier molecular flexibility index (Phi) is 5.31. The van der Waals surface area contributed by atoms with Crippen LogP contribution in [0.1, 0.15) is 0 Å². The Morgan fingerprint density at radius 3 is 2.71 bits per heavy atom. The van der Waals surface area contributed by atoms with Gasteiger partial charge in [-0.05, 0) is 6.07 Å². The lowest BCUT2D eigenvalue weighted by Crippen LogP contribution is -2.13. The molecule has 94 valence electrons. The van der Waals surface area contributed by atoms with Gasteiger partial charge in [0.15, 0.2) is 11.6 Å². The van der Waals surface area contributed by atoms with E-state index in [-0.39, 0.29) is 24.7 Å². The Morgan fingerprint density at radius 2 is 2.12 bits per heavy atom. The molecule has 0 amide bonds. The van der Waals surface area contributed by atoms with E-state index in [1.807, 2.05) is 0 Å². The van der Waals surface area contributed by atoms with Crippen LogP contribution in [0.3, 0.4) is 0 Å². The number of halogens is 1. The van der Waals surface area contributed by atoms with Gasteiger partial charge in [0.1, 0.15) is 6.61 Å². The van der Waals surface area contributed by atoms with E-state index in [9.17, 15) is 14.5 Å². The molecule has 0 bridgehead atoms. The summed E-state index contributed by atoms with van der Waals surface area (Å²) < 4.78 is 23.4. The fourth-order valence-corrected chi connectivity index (χ4v) is 1.12. The van der Waals surface area contributed by atoms with Crippen molar-refractivity contribution < 1.29 is 18.8 Å². The van der Waals surface area contributed by atoms with Crippen molar-refractivity contribution in [1.29, 1.82) is 0 Å². The monoisotopic (exact) mass is 244 g/mol. The summed E-state index contributed by atoms with van der Waals surface area (Å²) in [7, 11) is 0. The van der Waals surface area contributed by atoms with Gasteiger partial charge in [0.2, 0.25) is 0 Å². The predicted octanol–water partition coefficient (Wildman–Crippen LogP) is 1.09. The number of hydrogen-bond acceptors (Lipinski definition) is 5. The first kappa shape index (κ1) is 13.3. The first-order valence-corrected chi connectivity index (χ1v) is 4.99. The molecule has 0 unspecified atom stereocenters. The van der Waals surface area contributed by atoms with Crippen molar-refractivity contribution >= 4 is 5.69 Å². The topological polar surface area (TPSA) is 87.6 Å². The van der Waals surface area contributed by atoms with Crippen LogP contribution in [-0.4, -0.2) is 31.3 Å². The zero-order valence-corrected chi connectivity index (χ0v) is 9.10. The van der Waals surface area contributed by atoms with Crippen LogP contribution in [0, 0.1) is 15.9 Å². The van der Waals surface area contributed by atoms with E-state index >= 15 is 0 Å². The number of nitrogens with zero attached hydrogens (tertiary/aromatic N) is 1. The number of rotatable bonds is 7. The first-order chi connectivity index (χ1) is 8.15. The number of ether oxygens (including phenoxy) is 2. The second-order valence-electron chi connectivity index (χ2n) is 3.12. The van der Waals surface area contributed by atoms with Crippen molar-refractivity contribution in [2.24, 2.45) is 5.73 Å². The number of nitrogens with two attached hydrogens (primary N) is 1. The molecule has 0 spiro atoms. The molecule has 1 aromatic rings. The van der Waals surface area contributed by atoms with Crippen molar-refractivity contribution in [3.05, 3.63) is 34.1 Å². The third-order valence-electron chi connectivity index (χ3n) is 1.87. The highest BCUT2D eigenvalue weighted by Crippen LogP contribution is 2.22. The number of hydrogen-bond donors (Lipinski definition) is 1. The molecule has 17 heavy (non-hydrogen) atoms. The molecule has 0 radical (unpaired) electrons. The maximum atomic E-state index is 13.3. The molecule has 1 rings (SSSR count). The molecule has 2 N–H and O–H groups in total. The van der Waals surface area contributed by atoms with Crippen LogP contribution < -0.4 is 10.5 Å². The summed E-state index contributed by atoms with van der Waals surface area (Å²) in [6.45, 7) is 1.26. The van der Waals surface area contributed by atoms with Gasteiger partial charge in [-0.2, -0.15) is 0 Å². The van der Waals surface area contributed by atoms with Crippen LogP contribution in [0.4, 0.5) is 10.1 Å². The van der Waals surface area contributed by atoms with Gasteiger partial charge in [0.05, 0.1) is 24.2 Å². The average molecular weight is 244 g/mol. The fraction of sp³-hybridized carbons (Fsp3) is 0.400. The molecule has 0 fully saturated rings. The summed E-state index contributed by atoms with van der Waals surface area (Å²) in [5.74, 6) is -0.801. The second-order valence-corrected chi connectivity index (χ2v) is 3.12. The zero-order valence-electron chi connectivity index (χ0n) is 9.10. The Morgan fingerprint density at radius 1 is 1.35 bits per heavy atom. The summed E-state index contributed by atoms with van der Waals surface area (Å²) in [5.41, 5.74) is 4.89. The van der Waals surface area contributed by atoms with Gasteiger partial charge < -0.3 is 15.2 Å². The van der Waals surface area contributed by atoms with Crippen LogP contribution in [0.5, 0.6) is 5.75 Å². The van der Waals surface area contributed by atoms with E-state index in [0.717, 1.165) is 6.07 Å². The smallest absolute Gasteiger partial charge is 0.272 e. The molecule has 0 aliphatic carbocycles. The van der Waals surface area contributed by atoms with Crippen molar-refractivity contribution in [1.82, 2.24) is 0 Å². The summed E-state index contributed by atoms with van der Waals surface area (Å²) in [6.07, 6.45) is 0. The lowest BCUT2D eigenvalue weighted by Gasteiger charge is -2.07. The van der Waals surface area contributed by atoms with Crippen molar-refractivity contribution in [3.8, 4) is 5.75 Å². The number of benzene rings is 1. The van der Waals surface area contributed by atoms with E-state index in [2.05, 4.69) is 0 Å². The molecular formula is C10H13FN2O4. The normalized spacial score (nSPS) is 10.2. The van der Waals surface area contributed by atoms with Gasteiger partial charge in [-0.1, -0.05) is 0 Å². The van der Waals surface area contributed by atoms with Gasteiger partial charge >= 0.3 is 0 Å². The van der Waals surface area contributed by atoms with E-state index in [4.69, 9.17) is 15.2 Å². The minimum Gasteiger partial charge on any atom is -0.488 e. The van der Waals surface area contributed by atoms with E-state index in [1.165, 1.54) is 12.1 Å². The minimum atomic E-state index is -0.766. The van der Waals surface area contributed by atoms with E-state index in [1.54, 1.807) is 0 Å². The molecule has 0 aliphatic rings. The van der Waals surface area contributed by atoms with Crippen molar-refractivity contribution in [3.63, 3.8) is 0 Å². The van der Waals surface area contributed by atoms with Crippen LogP contribution in [0.15, 0.2) is 18.2 Å². The van der Waals surface area contributed by atoms with Crippen LogP contribution >= 0.6 is 0 Å². The minimum absolute atomic E-state index is 0.0352. The maximum absolute atomic E-state index is 13.3. The van der Waals surface area contributed by atoms with Crippen LogP contribution in [0.2, 0.25) is 0 Å². The lowest BCUT2D eigenvalue weighted by atomic mass is 10.3. The molecule has 0 aliphatic heterocycles. The average Bonchev–Trinajstić information content (AvgIpc) is 2.30. The Hall–Kier alpha value is -1.73. The number of nitro benzene ring substituents is 1. The molecule has 6 nitrogen and oxygen atoms in total. The fourth-order valence-electron chi connectivity index (χ4n) is 1.12. The van der Waals surface area contributed by atoms with Crippen LogP contribution in [0.25, 0.3) is 0 Å². The molecule has 7 heteroatoms. The molecule has 0 saturated carbocycles. The lowest BCUT2D eigenvalue weighted by molar-refractivity contribution is -0.385. The molecule has 1 aromatic carbocycles. The molecule has 0 atom stereocenters. The number of non-ortho nitro benzene ring substituents is 1. The van der Waals surface area contributed by atoms with Crippen molar-refractivity contribution in [2.45, 2.75) is 0 Å². The largest absolute Gasteiger partial charge is 0.488 e. The summed E-state index contributed by atoms with van der Waals surface area (Å²) in [4.78, 5) is 9.69. The second kappa shape index (κ2) is 6.77. The van der Waals surface area contributed by atoms with Gasteiger partial charge in [0, 0.05) is 12.6 Å². The molecule has 0 saturated heterocycles. The predicted molar refractivity (Wildman–Crippen MR) is 58.4 cm³/mol. The highest BCUT2D eigenvalue weighted by molar-refractivity contribution is 5.37. The van der Waals surface area contributed by atoms with E-state index in [0.29, 0.717) is 13.2 Å². The third kappa shape index (κ3) is 4.33.